The highest BCUT2D eigenvalue weighted by Crippen LogP contribution is 1.99. The van der Waals surface area contributed by atoms with E-state index < -0.39 is 24.0 Å². The van der Waals surface area contributed by atoms with E-state index in [1.807, 2.05) is 48.5 Å². The molecule has 0 aromatic heterocycles. The van der Waals surface area contributed by atoms with Gasteiger partial charge in [0.1, 0.15) is 6.54 Å². The van der Waals surface area contributed by atoms with E-state index in [4.69, 9.17) is 4.74 Å². The summed E-state index contributed by atoms with van der Waals surface area (Å²) in [5.74, 6) is -1.89. The highest BCUT2D eigenvalue weighted by atomic mass is 16.5. The highest BCUT2D eigenvalue weighted by Gasteiger charge is 2.20. The summed E-state index contributed by atoms with van der Waals surface area (Å²) in [6.07, 6.45) is -1.05. The first kappa shape index (κ1) is 21.6. The summed E-state index contributed by atoms with van der Waals surface area (Å²) in [4.78, 5) is 47.3. The van der Waals surface area contributed by atoms with Crippen LogP contribution < -0.4 is 16.0 Å². The zero-order valence-corrected chi connectivity index (χ0v) is 16.0. The molecule has 0 bridgehead atoms. The minimum atomic E-state index is -1.18. The van der Waals surface area contributed by atoms with Crippen molar-refractivity contribution in [3.8, 4) is 0 Å². The number of urea groups is 1. The van der Waals surface area contributed by atoms with E-state index in [2.05, 4.69) is 16.0 Å². The standard InChI is InChI=1S/C21H23N3O5/c1-15(20(27)24-21(28)23-13-17-10-6-3-7-11-17)29-19(26)14-22-18(25)12-16-8-4-2-5-9-16/h2-11,15H,12-14H2,1H3,(H,22,25)(H2,23,24,27,28). The summed E-state index contributed by atoms with van der Waals surface area (Å²) in [5, 5.41) is 7.06. The molecule has 0 heterocycles. The molecule has 0 saturated heterocycles. The van der Waals surface area contributed by atoms with Crippen LogP contribution in [0.25, 0.3) is 0 Å². The van der Waals surface area contributed by atoms with E-state index in [0.717, 1.165) is 11.1 Å². The van der Waals surface area contributed by atoms with Gasteiger partial charge in [0.25, 0.3) is 5.91 Å². The van der Waals surface area contributed by atoms with Crippen molar-refractivity contribution >= 4 is 23.8 Å². The monoisotopic (exact) mass is 397 g/mol. The molecule has 29 heavy (non-hydrogen) atoms. The molecule has 8 heteroatoms. The second kappa shape index (κ2) is 11.2. The number of imide groups is 1. The fourth-order valence-corrected chi connectivity index (χ4v) is 2.34. The largest absolute Gasteiger partial charge is 0.451 e. The van der Waals surface area contributed by atoms with Crippen LogP contribution in [0.4, 0.5) is 4.79 Å². The van der Waals surface area contributed by atoms with Crippen molar-refractivity contribution in [2.24, 2.45) is 0 Å². The second-order valence-electron chi connectivity index (χ2n) is 6.23. The van der Waals surface area contributed by atoms with Gasteiger partial charge in [-0.1, -0.05) is 60.7 Å². The van der Waals surface area contributed by atoms with Gasteiger partial charge in [-0.15, -0.1) is 0 Å². The van der Waals surface area contributed by atoms with E-state index in [-0.39, 0.29) is 25.4 Å². The normalized spacial score (nSPS) is 11.1. The molecule has 0 aliphatic carbocycles. The molecule has 0 aliphatic rings. The Bertz CT molecular complexity index is 840. The Morgan fingerprint density at radius 1 is 0.862 bits per heavy atom. The van der Waals surface area contributed by atoms with Gasteiger partial charge in [0.05, 0.1) is 6.42 Å². The number of hydrogen-bond acceptors (Lipinski definition) is 5. The minimum Gasteiger partial charge on any atom is -0.451 e. The van der Waals surface area contributed by atoms with Crippen molar-refractivity contribution in [2.45, 2.75) is 26.0 Å². The van der Waals surface area contributed by atoms with Crippen molar-refractivity contribution in [3.05, 3.63) is 71.8 Å². The summed E-state index contributed by atoms with van der Waals surface area (Å²) in [6.45, 7) is 1.22. The molecule has 1 atom stereocenters. The van der Waals surface area contributed by atoms with Crippen molar-refractivity contribution in [1.29, 1.82) is 0 Å². The van der Waals surface area contributed by atoms with Crippen molar-refractivity contribution in [3.63, 3.8) is 0 Å². The van der Waals surface area contributed by atoms with Gasteiger partial charge in [0.2, 0.25) is 5.91 Å². The zero-order valence-electron chi connectivity index (χ0n) is 16.0. The molecule has 0 radical (unpaired) electrons. The quantitative estimate of drug-likeness (QED) is 0.581. The first-order valence-corrected chi connectivity index (χ1v) is 9.07. The Morgan fingerprint density at radius 3 is 2.07 bits per heavy atom. The lowest BCUT2D eigenvalue weighted by atomic mass is 10.1. The number of carbonyl (C=O) groups excluding carboxylic acids is 4. The lowest BCUT2D eigenvalue weighted by Crippen LogP contribution is -2.45. The number of benzene rings is 2. The number of rotatable bonds is 8. The third kappa shape index (κ3) is 8.25. The van der Waals surface area contributed by atoms with Crippen LogP contribution in [0.2, 0.25) is 0 Å². The Kier molecular flexibility index (Phi) is 8.37. The van der Waals surface area contributed by atoms with E-state index in [1.165, 1.54) is 6.92 Å². The molecular weight excluding hydrogens is 374 g/mol. The van der Waals surface area contributed by atoms with Crippen LogP contribution in [0, 0.1) is 0 Å². The molecule has 3 N–H and O–H groups in total. The third-order valence-corrected chi connectivity index (χ3v) is 3.85. The fraction of sp³-hybridized carbons (Fsp3) is 0.238. The molecule has 0 saturated carbocycles. The van der Waals surface area contributed by atoms with Crippen molar-refractivity contribution in [2.75, 3.05) is 6.54 Å². The lowest BCUT2D eigenvalue weighted by molar-refractivity contribution is -0.154. The van der Waals surface area contributed by atoms with Gasteiger partial charge in [0, 0.05) is 6.54 Å². The molecule has 152 valence electrons. The fourth-order valence-electron chi connectivity index (χ4n) is 2.34. The molecule has 4 amide bonds. The van der Waals surface area contributed by atoms with E-state index in [1.54, 1.807) is 12.1 Å². The summed E-state index contributed by atoms with van der Waals surface area (Å²) in [7, 11) is 0. The molecule has 0 spiro atoms. The molecule has 0 fully saturated rings. The number of hydrogen-bond donors (Lipinski definition) is 3. The summed E-state index contributed by atoms with van der Waals surface area (Å²) in [6, 6.07) is 17.6. The summed E-state index contributed by atoms with van der Waals surface area (Å²) < 4.78 is 4.93. The maximum absolute atomic E-state index is 11.9. The average molecular weight is 397 g/mol. The second-order valence-corrected chi connectivity index (χ2v) is 6.23. The van der Waals surface area contributed by atoms with Gasteiger partial charge in [-0.2, -0.15) is 0 Å². The van der Waals surface area contributed by atoms with Crippen LogP contribution in [0.1, 0.15) is 18.1 Å². The van der Waals surface area contributed by atoms with Gasteiger partial charge in [0.15, 0.2) is 6.10 Å². The predicted molar refractivity (Wildman–Crippen MR) is 106 cm³/mol. The number of nitrogens with one attached hydrogen (secondary N) is 3. The van der Waals surface area contributed by atoms with Gasteiger partial charge in [-0.3, -0.25) is 19.7 Å². The SMILES string of the molecule is CC(OC(=O)CNC(=O)Cc1ccccc1)C(=O)NC(=O)NCc1ccccc1. The van der Waals surface area contributed by atoms with Crippen LogP contribution in [-0.4, -0.2) is 36.5 Å². The van der Waals surface area contributed by atoms with E-state index in [0.29, 0.717) is 0 Å². The summed E-state index contributed by atoms with van der Waals surface area (Å²) in [5.41, 5.74) is 1.69. The van der Waals surface area contributed by atoms with Crippen LogP contribution in [0.5, 0.6) is 0 Å². The van der Waals surface area contributed by atoms with Crippen LogP contribution >= 0.6 is 0 Å². The van der Waals surface area contributed by atoms with Crippen LogP contribution in [-0.2, 0) is 32.1 Å². The van der Waals surface area contributed by atoms with Gasteiger partial charge in [-0.05, 0) is 18.1 Å². The molecular formula is C21H23N3O5. The number of ether oxygens (including phenoxy) is 1. The zero-order chi connectivity index (χ0) is 21.1. The average Bonchev–Trinajstić information content (AvgIpc) is 2.72. The number of esters is 1. The maximum Gasteiger partial charge on any atom is 0.326 e. The first-order valence-electron chi connectivity index (χ1n) is 9.07. The van der Waals surface area contributed by atoms with Gasteiger partial charge in [-0.25, -0.2) is 4.79 Å². The molecule has 2 rings (SSSR count). The molecule has 1 unspecified atom stereocenters. The van der Waals surface area contributed by atoms with Crippen LogP contribution in [0.15, 0.2) is 60.7 Å². The predicted octanol–water partition coefficient (Wildman–Crippen LogP) is 1.30. The Labute approximate surface area is 168 Å². The Morgan fingerprint density at radius 2 is 1.45 bits per heavy atom. The summed E-state index contributed by atoms with van der Waals surface area (Å²) >= 11 is 0. The first-order chi connectivity index (χ1) is 13.9. The smallest absolute Gasteiger partial charge is 0.326 e. The Hall–Kier alpha value is -3.68. The highest BCUT2D eigenvalue weighted by molar-refractivity contribution is 5.97. The molecule has 0 aliphatic heterocycles. The molecule has 2 aromatic carbocycles. The minimum absolute atomic E-state index is 0.131. The Balaban J connectivity index is 1.66. The number of amides is 4. The van der Waals surface area contributed by atoms with E-state index in [9.17, 15) is 19.2 Å². The number of carbonyl (C=O) groups is 4. The van der Waals surface area contributed by atoms with Gasteiger partial charge >= 0.3 is 12.0 Å². The lowest BCUT2D eigenvalue weighted by Gasteiger charge is -2.13. The van der Waals surface area contributed by atoms with Crippen molar-refractivity contribution in [1.82, 2.24) is 16.0 Å². The maximum atomic E-state index is 11.9. The van der Waals surface area contributed by atoms with Crippen LogP contribution in [0.3, 0.4) is 0 Å². The van der Waals surface area contributed by atoms with E-state index >= 15 is 0 Å². The third-order valence-electron chi connectivity index (χ3n) is 3.85. The van der Waals surface area contributed by atoms with Gasteiger partial charge < -0.3 is 15.4 Å². The molecule has 8 nitrogen and oxygen atoms in total. The van der Waals surface area contributed by atoms with Crippen molar-refractivity contribution < 1.29 is 23.9 Å². The topological polar surface area (TPSA) is 114 Å². The molecule has 2 aromatic rings.